The van der Waals surface area contributed by atoms with E-state index >= 15 is 0 Å². The summed E-state index contributed by atoms with van der Waals surface area (Å²) in [6.45, 7) is 2.30. The van der Waals surface area contributed by atoms with E-state index in [0.717, 1.165) is 9.13 Å². The molecule has 1 heterocycles. The van der Waals surface area contributed by atoms with Gasteiger partial charge in [0.2, 0.25) is 5.91 Å². The number of amides is 2. The zero-order chi connectivity index (χ0) is 21.7. The molecule has 1 aliphatic rings. The van der Waals surface area contributed by atoms with Crippen molar-refractivity contribution in [2.45, 2.75) is 25.5 Å². The number of benzene rings is 2. The third kappa shape index (κ3) is 4.74. The normalized spacial score (nSPS) is 18.9. The van der Waals surface area contributed by atoms with E-state index < -0.39 is 17.4 Å². The molecule has 2 aromatic rings. The summed E-state index contributed by atoms with van der Waals surface area (Å²) in [4.78, 5) is 26.7. The average Bonchev–Trinajstić information content (AvgIpc) is 2.99. The molecule has 0 fully saturated rings. The number of aliphatic hydroxyl groups is 2. The molecule has 6 nitrogen and oxygen atoms in total. The highest BCUT2D eigenvalue weighted by atomic mass is 127. The minimum absolute atomic E-state index is 0.117. The fraction of sp³-hybridized carbons (Fsp3) is 0.304. The van der Waals surface area contributed by atoms with Gasteiger partial charge < -0.3 is 20.4 Å². The zero-order valence-electron chi connectivity index (χ0n) is 16.7. The minimum Gasteiger partial charge on any atom is -0.395 e. The van der Waals surface area contributed by atoms with Gasteiger partial charge in [0.15, 0.2) is 5.60 Å². The number of carbonyl (C=O) groups excluding carboxylic acids is 2. The Kier molecular flexibility index (Phi) is 7.27. The van der Waals surface area contributed by atoms with Crippen LogP contribution in [0.5, 0.6) is 0 Å². The van der Waals surface area contributed by atoms with Crippen molar-refractivity contribution in [2.75, 3.05) is 18.5 Å². The van der Waals surface area contributed by atoms with E-state index in [-0.39, 0.29) is 25.5 Å². The summed E-state index contributed by atoms with van der Waals surface area (Å²) >= 11 is 2.14. The van der Waals surface area contributed by atoms with Crippen LogP contribution in [0.15, 0.2) is 60.7 Å². The molecule has 3 N–H and O–H groups in total. The van der Waals surface area contributed by atoms with Gasteiger partial charge in [-0.25, -0.2) is 0 Å². The monoisotopic (exact) mass is 520 g/mol. The van der Waals surface area contributed by atoms with Crippen LogP contribution in [0.3, 0.4) is 0 Å². The van der Waals surface area contributed by atoms with Crippen molar-refractivity contribution in [3.63, 3.8) is 0 Å². The summed E-state index contributed by atoms with van der Waals surface area (Å²) in [5.74, 6) is -1.12. The first kappa shape index (κ1) is 22.5. The number of rotatable bonds is 8. The van der Waals surface area contributed by atoms with E-state index in [1.54, 1.807) is 36.1 Å². The van der Waals surface area contributed by atoms with Crippen LogP contribution >= 0.6 is 22.6 Å². The van der Waals surface area contributed by atoms with Crippen LogP contribution in [-0.4, -0.2) is 40.1 Å². The fourth-order valence-electron chi connectivity index (χ4n) is 3.59. The van der Waals surface area contributed by atoms with Crippen molar-refractivity contribution < 1.29 is 19.8 Å². The first-order chi connectivity index (χ1) is 14.4. The summed E-state index contributed by atoms with van der Waals surface area (Å²) < 4.78 is 0.924. The molecule has 2 amide bonds. The quantitative estimate of drug-likeness (QED) is 0.369. The Morgan fingerprint density at radius 1 is 1.27 bits per heavy atom. The van der Waals surface area contributed by atoms with Crippen LogP contribution in [0, 0.1) is 9.49 Å². The highest BCUT2D eigenvalue weighted by molar-refractivity contribution is 14.1. The Morgan fingerprint density at radius 3 is 2.70 bits per heavy atom. The molecule has 0 bridgehead atoms. The first-order valence-electron chi connectivity index (χ1n) is 9.79. The van der Waals surface area contributed by atoms with Gasteiger partial charge >= 0.3 is 0 Å². The molecular weight excluding hydrogens is 495 g/mol. The topological polar surface area (TPSA) is 89.9 Å². The lowest BCUT2D eigenvalue weighted by atomic mass is 9.83. The Labute approximate surface area is 189 Å². The molecule has 2 aromatic carbocycles. The van der Waals surface area contributed by atoms with Gasteiger partial charge in [-0.2, -0.15) is 0 Å². The van der Waals surface area contributed by atoms with E-state index in [4.69, 9.17) is 0 Å². The predicted molar refractivity (Wildman–Crippen MR) is 124 cm³/mol. The second kappa shape index (κ2) is 9.72. The zero-order valence-corrected chi connectivity index (χ0v) is 18.9. The van der Waals surface area contributed by atoms with Gasteiger partial charge in [0.1, 0.15) is 0 Å². The number of hydrogen-bond acceptors (Lipinski definition) is 4. The Hall–Kier alpha value is -2.23. The molecule has 0 radical (unpaired) electrons. The van der Waals surface area contributed by atoms with Gasteiger partial charge in [-0.1, -0.05) is 49.4 Å². The van der Waals surface area contributed by atoms with Gasteiger partial charge in [-0.3, -0.25) is 9.59 Å². The third-order valence-electron chi connectivity index (χ3n) is 5.30. The molecule has 0 aromatic heterocycles. The van der Waals surface area contributed by atoms with Crippen molar-refractivity contribution in [3.8, 4) is 0 Å². The summed E-state index contributed by atoms with van der Waals surface area (Å²) in [6.07, 6.45) is 3.50. The number of anilines is 1. The summed E-state index contributed by atoms with van der Waals surface area (Å²) in [5, 5.41) is 23.2. The summed E-state index contributed by atoms with van der Waals surface area (Å²) in [6, 6.07) is 15.0. The van der Waals surface area contributed by atoms with Crippen molar-refractivity contribution >= 4 is 40.1 Å². The molecule has 30 heavy (non-hydrogen) atoms. The molecule has 3 rings (SSSR count). The Bertz CT molecular complexity index is 947. The Balaban J connectivity index is 1.68. The molecule has 158 valence electrons. The molecular formula is C23H25IN2O4. The molecule has 0 aliphatic carbocycles. The standard InChI is InChI=1S/C23H25IN2O4/c1-16(23(30)19-14-18(24)10-11-20(19)25-22(23)29)6-5-9-21(28)26(12-13-27)15-17-7-3-2-4-8-17/h2-8,10-11,14,16,27,30H,9,12-13,15H2,1H3,(H,25,29)/b6-5+/t16-,23+/m0/s1. The first-order valence-corrected chi connectivity index (χ1v) is 10.9. The van der Waals surface area contributed by atoms with Crippen molar-refractivity contribution in [1.29, 1.82) is 0 Å². The Morgan fingerprint density at radius 2 is 2.00 bits per heavy atom. The van der Waals surface area contributed by atoms with Crippen LogP contribution < -0.4 is 5.32 Å². The van der Waals surface area contributed by atoms with Crippen LogP contribution in [-0.2, 0) is 21.7 Å². The van der Waals surface area contributed by atoms with E-state index in [9.17, 15) is 19.8 Å². The van der Waals surface area contributed by atoms with Crippen molar-refractivity contribution in [2.24, 2.45) is 5.92 Å². The number of nitrogens with one attached hydrogen (secondary N) is 1. The lowest BCUT2D eigenvalue weighted by molar-refractivity contribution is -0.137. The van der Waals surface area contributed by atoms with Crippen molar-refractivity contribution in [1.82, 2.24) is 4.90 Å². The smallest absolute Gasteiger partial charge is 0.261 e. The second-order valence-corrected chi connectivity index (χ2v) is 8.60. The van der Waals surface area contributed by atoms with Crippen LogP contribution in [0.4, 0.5) is 5.69 Å². The van der Waals surface area contributed by atoms with E-state index in [1.807, 2.05) is 36.4 Å². The van der Waals surface area contributed by atoms with E-state index in [0.29, 0.717) is 17.8 Å². The van der Waals surface area contributed by atoms with Gasteiger partial charge in [0.25, 0.3) is 5.91 Å². The van der Waals surface area contributed by atoms with Crippen LogP contribution in [0.2, 0.25) is 0 Å². The predicted octanol–water partition coefficient (Wildman–Crippen LogP) is 3.03. The molecule has 0 unspecified atom stereocenters. The fourth-order valence-corrected chi connectivity index (χ4v) is 4.08. The number of aliphatic hydroxyl groups excluding tert-OH is 1. The van der Waals surface area contributed by atoms with E-state index in [1.165, 1.54) is 0 Å². The number of hydrogen-bond donors (Lipinski definition) is 3. The number of fused-ring (bicyclic) bond motifs is 1. The number of carbonyl (C=O) groups is 2. The molecule has 7 heteroatoms. The summed E-state index contributed by atoms with van der Waals surface area (Å²) in [5.41, 5.74) is 0.468. The number of halogens is 1. The van der Waals surface area contributed by atoms with E-state index in [2.05, 4.69) is 27.9 Å². The maximum atomic E-state index is 12.6. The highest BCUT2D eigenvalue weighted by Crippen LogP contribution is 2.42. The minimum atomic E-state index is -1.68. The van der Waals surface area contributed by atoms with Crippen LogP contribution in [0.1, 0.15) is 24.5 Å². The molecule has 0 saturated carbocycles. The summed E-state index contributed by atoms with van der Waals surface area (Å²) in [7, 11) is 0. The lowest BCUT2D eigenvalue weighted by Gasteiger charge is -2.26. The molecule has 0 spiro atoms. The lowest BCUT2D eigenvalue weighted by Crippen LogP contribution is -2.39. The molecule has 1 aliphatic heterocycles. The number of nitrogens with zero attached hydrogens (tertiary/aromatic N) is 1. The van der Waals surface area contributed by atoms with Crippen molar-refractivity contribution in [3.05, 3.63) is 75.4 Å². The highest BCUT2D eigenvalue weighted by Gasteiger charge is 2.48. The molecule has 0 saturated heterocycles. The maximum absolute atomic E-state index is 12.6. The second-order valence-electron chi connectivity index (χ2n) is 7.36. The third-order valence-corrected chi connectivity index (χ3v) is 5.97. The van der Waals surface area contributed by atoms with Crippen LogP contribution in [0.25, 0.3) is 0 Å². The van der Waals surface area contributed by atoms with Gasteiger partial charge in [0, 0.05) is 40.2 Å². The van der Waals surface area contributed by atoms with Gasteiger partial charge in [-0.15, -0.1) is 0 Å². The molecule has 2 atom stereocenters. The van der Waals surface area contributed by atoms with Gasteiger partial charge in [-0.05, 0) is 46.4 Å². The van der Waals surface area contributed by atoms with Gasteiger partial charge in [0.05, 0.1) is 6.61 Å². The SMILES string of the molecule is C[C@@H](/C=C/CC(=O)N(CCO)Cc1ccccc1)[C@]1(O)C(=O)Nc2ccc(I)cc21. The average molecular weight is 520 g/mol. The largest absolute Gasteiger partial charge is 0.395 e. The maximum Gasteiger partial charge on any atom is 0.261 e.